The van der Waals surface area contributed by atoms with Gasteiger partial charge in [0.05, 0.1) is 12.3 Å². The third kappa shape index (κ3) is 4.87. The van der Waals surface area contributed by atoms with Gasteiger partial charge >= 0.3 is 0 Å². The highest BCUT2D eigenvalue weighted by Gasteiger charge is 2.27. The molecule has 140 valence electrons. The third-order valence-corrected chi connectivity index (χ3v) is 3.80. The molecule has 0 radical (unpaired) electrons. The number of amides is 1. The number of aliphatic hydroxyl groups excluding tert-OH is 4. The second-order valence-corrected chi connectivity index (χ2v) is 5.94. The topological polar surface area (TPSA) is 151 Å². The number of hydrogen-bond donors (Lipinski definition) is 6. The maximum absolute atomic E-state index is 12.0. The van der Waals surface area contributed by atoms with E-state index < -0.39 is 30.8 Å². The molecule has 0 aliphatic carbocycles. The van der Waals surface area contributed by atoms with Crippen LogP contribution in [-0.4, -0.2) is 60.8 Å². The number of rotatable bonds is 7. The molecule has 0 bridgehead atoms. The molecule has 0 aliphatic rings. The molecule has 1 heterocycles. The highest BCUT2D eigenvalue weighted by atomic mass is 35.5. The van der Waals surface area contributed by atoms with Gasteiger partial charge in [-0.3, -0.25) is 4.79 Å². The summed E-state index contributed by atoms with van der Waals surface area (Å²) in [7, 11) is 0. The predicted molar refractivity (Wildman–Crippen MR) is 93.8 cm³/mol. The summed E-state index contributed by atoms with van der Waals surface area (Å²) in [6.07, 6.45) is -3.28. The zero-order chi connectivity index (χ0) is 19.3. The van der Waals surface area contributed by atoms with Gasteiger partial charge in [-0.1, -0.05) is 17.7 Å². The predicted octanol–water partition coefficient (Wildman–Crippen LogP) is -0.0354. The van der Waals surface area contributed by atoms with Gasteiger partial charge < -0.3 is 25.4 Å². The Kier molecular flexibility index (Phi) is 6.83. The van der Waals surface area contributed by atoms with Gasteiger partial charge in [0.2, 0.25) is 0 Å². The van der Waals surface area contributed by atoms with Crippen molar-refractivity contribution in [2.24, 2.45) is 5.10 Å². The van der Waals surface area contributed by atoms with Gasteiger partial charge in [-0.15, -0.1) is 0 Å². The molecule has 1 amide bonds. The van der Waals surface area contributed by atoms with Crippen LogP contribution in [0.5, 0.6) is 0 Å². The first-order valence-electron chi connectivity index (χ1n) is 7.64. The number of hydrazone groups is 1. The number of halogens is 1. The largest absolute Gasteiger partial charge is 0.394 e. The second-order valence-electron chi connectivity index (χ2n) is 5.51. The highest BCUT2D eigenvalue weighted by Crippen LogP contribution is 2.17. The van der Waals surface area contributed by atoms with Crippen molar-refractivity contribution < 1.29 is 25.2 Å². The van der Waals surface area contributed by atoms with E-state index in [-0.39, 0.29) is 11.5 Å². The van der Waals surface area contributed by atoms with Crippen molar-refractivity contribution in [3.8, 4) is 0 Å². The fraction of sp³-hybridized carbons (Fsp3) is 0.312. The van der Waals surface area contributed by atoms with Gasteiger partial charge in [-0.05, 0) is 25.1 Å². The number of aromatic amines is 1. The zero-order valence-electron chi connectivity index (χ0n) is 13.8. The number of carbonyl (C=O) groups is 1. The van der Waals surface area contributed by atoms with Crippen LogP contribution in [0.15, 0.2) is 35.6 Å². The van der Waals surface area contributed by atoms with E-state index in [2.05, 4.69) is 20.5 Å². The average Bonchev–Trinajstić information content (AvgIpc) is 3.14. The Morgan fingerprint density at radius 3 is 2.77 bits per heavy atom. The number of hydrogen-bond acceptors (Lipinski definition) is 7. The number of carbonyl (C=O) groups excluding carboxylic acids is 1. The minimum Gasteiger partial charge on any atom is -0.394 e. The first-order chi connectivity index (χ1) is 12.3. The van der Waals surface area contributed by atoms with Crippen LogP contribution in [-0.2, 0) is 0 Å². The minimum absolute atomic E-state index is 0.0516. The quantitative estimate of drug-likeness (QED) is 0.292. The Labute approximate surface area is 154 Å². The van der Waals surface area contributed by atoms with E-state index in [9.17, 15) is 20.1 Å². The lowest BCUT2D eigenvalue weighted by Crippen LogP contribution is -2.34. The number of aliphatic hydroxyl groups is 4. The molecule has 0 saturated heterocycles. The number of H-pyrrole nitrogens is 1. The van der Waals surface area contributed by atoms with E-state index in [0.29, 0.717) is 16.3 Å². The number of nitrogens with one attached hydrogen (secondary N) is 2. The van der Waals surface area contributed by atoms with E-state index in [1.54, 1.807) is 25.1 Å². The summed E-state index contributed by atoms with van der Waals surface area (Å²) in [4.78, 5) is 18.8. The van der Waals surface area contributed by atoms with Crippen LogP contribution in [0.1, 0.15) is 34.9 Å². The van der Waals surface area contributed by atoms with Crippen molar-refractivity contribution in [3.05, 3.63) is 52.6 Å². The number of aromatic nitrogens is 2. The molecular weight excluding hydrogens is 364 g/mol. The van der Waals surface area contributed by atoms with Gasteiger partial charge in [-0.25, -0.2) is 10.4 Å². The second kappa shape index (κ2) is 8.88. The van der Waals surface area contributed by atoms with E-state index in [0.717, 1.165) is 0 Å². The number of benzene rings is 1. The van der Waals surface area contributed by atoms with Crippen LogP contribution in [0.4, 0.5) is 0 Å². The molecule has 6 N–H and O–H groups in total. The fourth-order valence-electron chi connectivity index (χ4n) is 2.05. The van der Waals surface area contributed by atoms with E-state index in [1.165, 1.54) is 12.3 Å². The van der Waals surface area contributed by atoms with Crippen LogP contribution >= 0.6 is 11.6 Å². The van der Waals surface area contributed by atoms with Gasteiger partial charge in [0.25, 0.3) is 5.91 Å². The van der Waals surface area contributed by atoms with Crippen LogP contribution in [0, 0.1) is 0 Å². The van der Waals surface area contributed by atoms with E-state index in [4.69, 9.17) is 16.7 Å². The Morgan fingerprint density at radius 1 is 1.38 bits per heavy atom. The summed E-state index contributed by atoms with van der Waals surface area (Å²) in [6, 6.07) is 6.36. The molecule has 1 aromatic heterocycles. The van der Waals surface area contributed by atoms with Crippen molar-refractivity contribution in [2.45, 2.75) is 25.2 Å². The van der Waals surface area contributed by atoms with Gasteiger partial charge in [-0.2, -0.15) is 5.10 Å². The Hall–Kier alpha value is -2.30. The highest BCUT2D eigenvalue weighted by molar-refractivity contribution is 6.30. The first kappa shape index (κ1) is 20.0. The van der Waals surface area contributed by atoms with Gasteiger partial charge in [0.15, 0.2) is 5.82 Å². The maximum atomic E-state index is 12.0. The molecular formula is C16H19ClN4O5. The molecule has 3 atom stereocenters. The van der Waals surface area contributed by atoms with E-state index >= 15 is 0 Å². The SMILES string of the molecule is CC(=NNC(=O)c1cccc(Cl)c1)c1nc([C@@H](O)[C@H](O)[C@H](O)CO)c[nH]1. The average molecular weight is 383 g/mol. The van der Waals surface area contributed by atoms with Crippen LogP contribution in [0.2, 0.25) is 5.02 Å². The molecule has 0 aliphatic heterocycles. The zero-order valence-corrected chi connectivity index (χ0v) is 14.6. The minimum atomic E-state index is -1.60. The molecule has 26 heavy (non-hydrogen) atoms. The summed E-state index contributed by atoms with van der Waals surface area (Å²) in [5, 5.41) is 42.2. The molecule has 0 fully saturated rings. The monoisotopic (exact) mass is 382 g/mol. The van der Waals surface area contributed by atoms with Crippen LogP contribution in [0.3, 0.4) is 0 Å². The van der Waals surface area contributed by atoms with Gasteiger partial charge in [0.1, 0.15) is 24.0 Å². The summed E-state index contributed by atoms with van der Waals surface area (Å²) < 4.78 is 0. The molecule has 0 saturated carbocycles. The Balaban J connectivity index is 2.06. The molecule has 10 heteroatoms. The summed E-state index contributed by atoms with van der Waals surface area (Å²) in [5.74, 6) is -0.212. The lowest BCUT2D eigenvalue weighted by molar-refractivity contribution is -0.0788. The fourth-order valence-corrected chi connectivity index (χ4v) is 2.24. The molecule has 2 aromatic rings. The van der Waals surface area contributed by atoms with Crippen molar-refractivity contribution in [3.63, 3.8) is 0 Å². The summed E-state index contributed by atoms with van der Waals surface area (Å²) >= 11 is 5.83. The lowest BCUT2D eigenvalue weighted by Gasteiger charge is -2.19. The molecule has 0 unspecified atom stereocenters. The van der Waals surface area contributed by atoms with Crippen LogP contribution < -0.4 is 5.43 Å². The molecule has 1 aromatic carbocycles. The molecule has 2 rings (SSSR count). The number of nitrogens with zero attached hydrogens (tertiary/aromatic N) is 2. The van der Waals surface area contributed by atoms with Gasteiger partial charge in [0, 0.05) is 16.8 Å². The Bertz CT molecular complexity index is 794. The Morgan fingerprint density at radius 2 is 2.12 bits per heavy atom. The summed E-state index contributed by atoms with van der Waals surface area (Å²) in [6.45, 7) is 0.873. The van der Waals surface area contributed by atoms with Crippen molar-refractivity contribution in [2.75, 3.05) is 6.61 Å². The standard InChI is InChI=1S/C16H19ClN4O5/c1-8(20-21-16(26)9-3-2-4-10(17)5-9)15-18-6-11(19-15)13(24)14(25)12(23)7-22/h2-6,12-14,22-25H,7H2,1H3,(H,18,19)(H,21,26)/t12-,13-,14-/m1/s1. The van der Waals surface area contributed by atoms with Crippen molar-refractivity contribution >= 4 is 23.2 Å². The smallest absolute Gasteiger partial charge is 0.271 e. The normalized spacial score (nSPS) is 15.4. The molecule has 9 nitrogen and oxygen atoms in total. The van der Waals surface area contributed by atoms with Crippen molar-refractivity contribution in [1.29, 1.82) is 0 Å². The van der Waals surface area contributed by atoms with E-state index in [1.807, 2.05) is 0 Å². The summed E-state index contributed by atoms with van der Waals surface area (Å²) in [5.41, 5.74) is 3.06. The lowest BCUT2D eigenvalue weighted by atomic mass is 10.1. The van der Waals surface area contributed by atoms with Crippen LogP contribution in [0.25, 0.3) is 0 Å². The van der Waals surface area contributed by atoms with Crippen molar-refractivity contribution in [1.82, 2.24) is 15.4 Å². The number of imidazole rings is 1. The third-order valence-electron chi connectivity index (χ3n) is 3.56. The first-order valence-corrected chi connectivity index (χ1v) is 8.02. The maximum Gasteiger partial charge on any atom is 0.271 e. The molecule has 0 spiro atoms.